The second-order valence-corrected chi connectivity index (χ2v) is 6.04. The highest BCUT2D eigenvalue weighted by Gasteiger charge is 2.63. The van der Waals surface area contributed by atoms with Gasteiger partial charge < -0.3 is 14.8 Å². The fourth-order valence-electron chi connectivity index (χ4n) is 3.08. The Labute approximate surface area is 146 Å². The number of hydrogen-bond donors (Lipinski definition) is 1. The van der Waals surface area contributed by atoms with E-state index in [4.69, 9.17) is 16.3 Å². The first-order valence-corrected chi connectivity index (χ1v) is 7.61. The van der Waals surface area contributed by atoms with Crippen LogP contribution in [0.4, 0.5) is 13.2 Å². The number of halogens is 4. The van der Waals surface area contributed by atoms with E-state index in [1.807, 2.05) is 5.32 Å². The topological polar surface area (TPSA) is 77.5 Å². The van der Waals surface area contributed by atoms with Crippen molar-refractivity contribution in [2.24, 2.45) is 5.41 Å². The molecule has 138 valence electrons. The van der Waals surface area contributed by atoms with Gasteiger partial charge in [-0.2, -0.15) is 13.2 Å². The Balaban J connectivity index is 2.58. The van der Waals surface area contributed by atoms with Crippen LogP contribution in [0.2, 0.25) is 5.15 Å². The van der Waals surface area contributed by atoms with E-state index in [1.165, 1.54) is 25.4 Å². The van der Waals surface area contributed by atoms with Gasteiger partial charge in [0.1, 0.15) is 11.2 Å². The van der Waals surface area contributed by atoms with Crippen LogP contribution in [0.3, 0.4) is 0 Å². The summed E-state index contributed by atoms with van der Waals surface area (Å²) in [6.07, 6.45) is -4.16. The molecule has 1 aliphatic heterocycles. The number of aromatic nitrogens is 1. The Kier molecular flexibility index (Phi) is 5.58. The first-order chi connectivity index (χ1) is 11.7. The minimum atomic E-state index is -4.70. The average Bonchev–Trinajstić information content (AvgIpc) is 2.90. The number of amides is 1. The van der Waals surface area contributed by atoms with Gasteiger partial charge in [0.25, 0.3) is 0 Å². The summed E-state index contributed by atoms with van der Waals surface area (Å²) in [5, 5.41) is 1.93. The van der Waals surface area contributed by atoms with Crippen molar-refractivity contribution in [3.63, 3.8) is 0 Å². The Morgan fingerprint density at radius 3 is 2.68 bits per heavy atom. The van der Waals surface area contributed by atoms with Crippen molar-refractivity contribution in [2.45, 2.75) is 24.6 Å². The van der Waals surface area contributed by atoms with Gasteiger partial charge in [-0.15, -0.1) is 0 Å². The molecule has 6 nitrogen and oxygen atoms in total. The Bertz CT molecular complexity index is 670. The van der Waals surface area contributed by atoms with E-state index in [-0.39, 0.29) is 11.8 Å². The van der Waals surface area contributed by atoms with E-state index in [0.717, 1.165) is 7.11 Å². The smallest absolute Gasteiger partial charge is 0.408 e. The van der Waals surface area contributed by atoms with Crippen LogP contribution >= 0.6 is 11.6 Å². The third-order valence-corrected chi connectivity index (χ3v) is 4.47. The molecular formula is C15H16ClF3N2O4. The molecule has 0 saturated carbocycles. The summed E-state index contributed by atoms with van der Waals surface area (Å²) in [5.74, 6) is -3.15. The van der Waals surface area contributed by atoms with Crippen LogP contribution in [0.5, 0.6) is 0 Å². The summed E-state index contributed by atoms with van der Waals surface area (Å²) in [7, 11) is 2.33. The zero-order chi connectivity index (χ0) is 18.8. The molecule has 1 N–H and O–H groups in total. The molecule has 0 radical (unpaired) electrons. The molecule has 2 rings (SSSR count). The lowest BCUT2D eigenvalue weighted by Gasteiger charge is -2.32. The summed E-state index contributed by atoms with van der Waals surface area (Å²) in [6, 6.07) is 0.689. The standard InChI is InChI=1S/C15H16ClF3N2O4/c1-24-7-9(8-3-4-20-11(16)5-8)14(13(23)25-2)6-10(15(17,18)19)21-12(14)22/h3-5,9-10H,6-7H2,1-2H3,(H,21,22)/t9?,10-,14?/m0/s1. The molecule has 25 heavy (non-hydrogen) atoms. The van der Waals surface area contributed by atoms with Crippen LogP contribution in [0.25, 0.3) is 0 Å². The SMILES string of the molecule is COCC(c1ccnc(Cl)c1)C1(C(=O)OC)C[C@@H](C(F)(F)F)NC1=O. The monoisotopic (exact) mass is 380 g/mol. The quantitative estimate of drug-likeness (QED) is 0.481. The van der Waals surface area contributed by atoms with Gasteiger partial charge in [0.2, 0.25) is 5.91 Å². The van der Waals surface area contributed by atoms with Crippen LogP contribution in [0.1, 0.15) is 17.9 Å². The first-order valence-electron chi connectivity index (χ1n) is 7.23. The number of pyridine rings is 1. The molecule has 0 spiro atoms. The maximum Gasteiger partial charge on any atom is 0.408 e. The van der Waals surface area contributed by atoms with Gasteiger partial charge >= 0.3 is 12.1 Å². The molecule has 1 amide bonds. The van der Waals surface area contributed by atoms with Crippen molar-refractivity contribution in [3.8, 4) is 0 Å². The number of esters is 1. The lowest BCUT2D eigenvalue weighted by Crippen LogP contribution is -2.46. The summed E-state index contributed by atoms with van der Waals surface area (Å²) in [5.41, 5.74) is -1.74. The Hall–Kier alpha value is -1.87. The Morgan fingerprint density at radius 2 is 2.20 bits per heavy atom. The molecule has 1 aromatic rings. The second-order valence-electron chi connectivity index (χ2n) is 5.65. The molecular weight excluding hydrogens is 365 g/mol. The fraction of sp³-hybridized carbons (Fsp3) is 0.533. The van der Waals surface area contributed by atoms with Crippen LogP contribution in [-0.2, 0) is 19.1 Å². The number of hydrogen-bond acceptors (Lipinski definition) is 5. The van der Waals surface area contributed by atoms with E-state index in [1.54, 1.807) is 0 Å². The van der Waals surface area contributed by atoms with Gasteiger partial charge in [0.15, 0.2) is 5.41 Å². The van der Waals surface area contributed by atoms with Gasteiger partial charge in [0.05, 0.1) is 13.7 Å². The maximum absolute atomic E-state index is 13.1. The molecule has 0 bridgehead atoms. The van der Waals surface area contributed by atoms with Gasteiger partial charge in [-0.1, -0.05) is 11.6 Å². The van der Waals surface area contributed by atoms with E-state index in [9.17, 15) is 22.8 Å². The van der Waals surface area contributed by atoms with Crippen molar-refractivity contribution >= 4 is 23.5 Å². The van der Waals surface area contributed by atoms with Crippen molar-refractivity contribution in [1.82, 2.24) is 10.3 Å². The average molecular weight is 381 g/mol. The van der Waals surface area contributed by atoms with Gasteiger partial charge in [-0.25, -0.2) is 4.98 Å². The number of nitrogens with zero attached hydrogens (tertiary/aromatic N) is 1. The molecule has 10 heteroatoms. The lowest BCUT2D eigenvalue weighted by molar-refractivity contribution is -0.162. The highest BCUT2D eigenvalue weighted by atomic mass is 35.5. The number of carbonyl (C=O) groups is 2. The molecule has 2 unspecified atom stereocenters. The summed E-state index contributed by atoms with van der Waals surface area (Å²) in [6.45, 7) is -0.187. The number of methoxy groups -OCH3 is 2. The molecule has 1 aliphatic rings. The van der Waals surface area contributed by atoms with Crippen LogP contribution in [-0.4, -0.2) is 49.9 Å². The molecule has 2 heterocycles. The first kappa shape index (κ1) is 19.5. The van der Waals surface area contributed by atoms with Gasteiger partial charge in [0, 0.05) is 25.6 Å². The van der Waals surface area contributed by atoms with Crippen LogP contribution in [0, 0.1) is 5.41 Å². The van der Waals surface area contributed by atoms with E-state index < -0.39 is 41.8 Å². The van der Waals surface area contributed by atoms with Crippen molar-refractivity contribution in [2.75, 3.05) is 20.8 Å². The normalized spacial score (nSPS) is 24.7. The number of rotatable bonds is 5. The fourth-order valence-corrected chi connectivity index (χ4v) is 3.26. The van der Waals surface area contributed by atoms with Gasteiger partial charge in [-0.05, 0) is 17.7 Å². The molecule has 0 aromatic carbocycles. The minimum Gasteiger partial charge on any atom is -0.468 e. The van der Waals surface area contributed by atoms with Gasteiger partial charge in [-0.3, -0.25) is 9.59 Å². The number of carbonyl (C=O) groups excluding carboxylic acids is 2. The predicted octanol–water partition coefficient (Wildman–Crippen LogP) is 2.08. The predicted molar refractivity (Wildman–Crippen MR) is 80.9 cm³/mol. The molecule has 1 fully saturated rings. The molecule has 0 aliphatic carbocycles. The summed E-state index contributed by atoms with van der Waals surface area (Å²) >= 11 is 5.84. The van der Waals surface area contributed by atoms with Crippen molar-refractivity contribution in [1.29, 1.82) is 0 Å². The van der Waals surface area contributed by atoms with Crippen LogP contribution in [0.15, 0.2) is 18.3 Å². The number of nitrogens with one attached hydrogen (secondary N) is 1. The third kappa shape index (κ3) is 3.57. The largest absolute Gasteiger partial charge is 0.468 e. The molecule has 1 aromatic heterocycles. The van der Waals surface area contributed by atoms with Crippen molar-refractivity contribution in [3.05, 3.63) is 29.0 Å². The third-order valence-electron chi connectivity index (χ3n) is 4.26. The zero-order valence-electron chi connectivity index (χ0n) is 13.4. The van der Waals surface area contributed by atoms with Crippen LogP contribution < -0.4 is 5.32 Å². The Morgan fingerprint density at radius 1 is 1.52 bits per heavy atom. The summed E-state index contributed by atoms with van der Waals surface area (Å²) in [4.78, 5) is 28.7. The van der Waals surface area contributed by atoms with E-state index >= 15 is 0 Å². The zero-order valence-corrected chi connectivity index (χ0v) is 14.1. The molecule has 1 saturated heterocycles. The van der Waals surface area contributed by atoms with E-state index in [0.29, 0.717) is 5.56 Å². The molecule has 3 atom stereocenters. The lowest BCUT2D eigenvalue weighted by atomic mass is 9.70. The minimum absolute atomic E-state index is 0.0735. The highest BCUT2D eigenvalue weighted by Crippen LogP contribution is 2.48. The highest BCUT2D eigenvalue weighted by molar-refractivity contribution is 6.29. The number of ether oxygens (including phenoxy) is 2. The van der Waals surface area contributed by atoms with E-state index in [2.05, 4.69) is 9.72 Å². The maximum atomic E-state index is 13.1. The second kappa shape index (κ2) is 7.17. The number of alkyl halides is 3. The van der Waals surface area contributed by atoms with Crippen molar-refractivity contribution < 1.29 is 32.2 Å². The summed E-state index contributed by atoms with van der Waals surface area (Å²) < 4.78 is 49.1.